The van der Waals surface area contributed by atoms with E-state index >= 15 is 0 Å². The Kier molecular flexibility index (Phi) is 7.76. The Morgan fingerprint density at radius 1 is 0.442 bits per heavy atom. The standard InChI is InChI=1S/3C12H10O2.Ga/c3*1-8-5-6-10-9(7-8)3-2-4-11(10)12(13)14;/h3*2-7H,1H3,(H,13,14);/q;;;+3/p-3. The van der Waals surface area contributed by atoms with Crippen LogP contribution in [0.2, 0.25) is 0 Å². The third-order valence-electron chi connectivity index (χ3n) is 7.38. The molecule has 6 rings (SSSR count). The first-order valence-electron chi connectivity index (χ1n) is 13.9. The van der Waals surface area contributed by atoms with Crippen LogP contribution in [0.25, 0.3) is 32.3 Å². The first-order chi connectivity index (χ1) is 20.8. The van der Waals surface area contributed by atoms with Crippen LogP contribution in [0.15, 0.2) is 109 Å². The van der Waals surface area contributed by atoms with E-state index in [2.05, 4.69) is 0 Å². The number of aryl methyl sites for hydroxylation is 3. The van der Waals surface area contributed by atoms with E-state index in [1.807, 2.05) is 93.6 Å². The summed E-state index contributed by atoms with van der Waals surface area (Å²) in [7, 11) is 0. The van der Waals surface area contributed by atoms with Crippen molar-refractivity contribution in [2.24, 2.45) is 0 Å². The summed E-state index contributed by atoms with van der Waals surface area (Å²) < 4.78 is 17.4. The van der Waals surface area contributed by atoms with Gasteiger partial charge in [0.15, 0.2) is 0 Å². The molecule has 6 aromatic carbocycles. The molecule has 0 heterocycles. The molecule has 0 aliphatic rings. The van der Waals surface area contributed by atoms with Crippen molar-refractivity contribution in [3.05, 3.63) is 143 Å². The Balaban J connectivity index is 1.34. The minimum atomic E-state index is -4.36. The molecule has 7 heteroatoms. The van der Waals surface area contributed by atoms with Crippen molar-refractivity contribution in [3.63, 3.8) is 0 Å². The predicted molar refractivity (Wildman–Crippen MR) is 168 cm³/mol. The second kappa shape index (κ2) is 11.8. The number of hydrogen-bond donors (Lipinski definition) is 0. The van der Waals surface area contributed by atoms with E-state index in [-0.39, 0.29) is 0 Å². The maximum absolute atomic E-state index is 13.5. The topological polar surface area (TPSA) is 78.9 Å². The third-order valence-corrected chi connectivity index (χ3v) is 9.94. The summed E-state index contributed by atoms with van der Waals surface area (Å²) in [5, 5.41) is 4.65. The number of carbonyl (C=O) groups is 3. The van der Waals surface area contributed by atoms with Crippen molar-refractivity contribution < 1.29 is 25.0 Å². The van der Waals surface area contributed by atoms with Gasteiger partial charge in [-0.2, -0.15) is 0 Å². The van der Waals surface area contributed by atoms with Gasteiger partial charge in [-0.15, -0.1) is 0 Å². The molecule has 0 N–H and O–H groups in total. The van der Waals surface area contributed by atoms with Crippen LogP contribution in [0.4, 0.5) is 0 Å². The molecule has 0 aliphatic heterocycles. The Labute approximate surface area is 255 Å². The molecule has 0 fully saturated rings. The van der Waals surface area contributed by atoms with Crippen LogP contribution in [0.5, 0.6) is 0 Å². The number of benzene rings is 6. The Morgan fingerprint density at radius 2 is 0.744 bits per heavy atom. The molecule has 0 radical (unpaired) electrons. The molecular weight excluding hydrogens is 598 g/mol. The van der Waals surface area contributed by atoms with Crippen molar-refractivity contribution in [3.8, 4) is 0 Å². The molecule has 0 bridgehead atoms. The van der Waals surface area contributed by atoms with Crippen LogP contribution in [0.1, 0.15) is 47.8 Å². The molecule has 0 amide bonds. The Bertz CT molecular complexity index is 1830. The van der Waals surface area contributed by atoms with Gasteiger partial charge in [-0.3, -0.25) is 0 Å². The van der Waals surface area contributed by atoms with Crippen LogP contribution in [0, 0.1) is 20.8 Å². The zero-order chi connectivity index (χ0) is 30.1. The fraction of sp³-hybridized carbons (Fsp3) is 0.0833. The molecule has 210 valence electrons. The Hall–Kier alpha value is -4.85. The molecule has 0 aromatic heterocycles. The van der Waals surface area contributed by atoms with Crippen molar-refractivity contribution in [1.29, 1.82) is 0 Å². The van der Waals surface area contributed by atoms with Gasteiger partial charge in [0, 0.05) is 0 Å². The fourth-order valence-corrected chi connectivity index (χ4v) is 7.47. The van der Waals surface area contributed by atoms with Gasteiger partial charge in [-0.05, 0) is 0 Å². The molecule has 0 unspecified atom stereocenters. The normalized spacial score (nSPS) is 11.0. The third kappa shape index (κ3) is 5.91. The van der Waals surface area contributed by atoms with Gasteiger partial charge >= 0.3 is 256 Å². The summed E-state index contributed by atoms with van der Waals surface area (Å²) in [6, 6.07) is 33.1. The fourth-order valence-electron chi connectivity index (χ4n) is 5.27. The average molecular weight is 625 g/mol. The molecule has 6 aromatic rings. The first kappa shape index (κ1) is 28.3. The molecule has 0 saturated carbocycles. The molecular formula is C36H27GaO6. The number of hydrogen-bond acceptors (Lipinski definition) is 6. The number of fused-ring (bicyclic) bond motifs is 3. The van der Waals surface area contributed by atoms with E-state index < -0.39 is 35.2 Å². The van der Waals surface area contributed by atoms with Crippen LogP contribution in [-0.4, -0.2) is 35.2 Å². The van der Waals surface area contributed by atoms with E-state index in [9.17, 15) is 14.4 Å². The zero-order valence-electron chi connectivity index (χ0n) is 23.9. The molecule has 0 saturated heterocycles. The van der Waals surface area contributed by atoms with E-state index in [0.717, 1.165) is 32.8 Å². The molecule has 6 nitrogen and oxygen atoms in total. The van der Waals surface area contributed by atoms with Crippen molar-refractivity contribution in [2.75, 3.05) is 0 Å². The Morgan fingerprint density at radius 3 is 1.05 bits per heavy atom. The molecule has 0 spiro atoms. The maximum atomic E-state index is 13.5. The van der Waals surface area contributed by atoms with E-state index in [1.54, 1.807) is 36.4 Å². The first-order valence-corrected chi connectivity index (χ1v) is 16.8. The minimum absolute atomic E-state index is 0.293. The summed E-state index contributed by atoms with van der Waals surface area (Å²) >= 11 is -4.36. The van der Waals surface area contributed by atoms with Gasteiger partial charge in [0.25, 0.3) is 0 Å². The second-order valence-corrected chi connectivity index (χ2v) is 13.3. The van der Waals surface area contributed by atoms with Crippen LogP contribution in [-0.2, 0) is 10.6 Å². The quantitative estimate of drug-likeness (QED) is 0.175. The van der Waals surface area contributed by atoms with Gasteiger partial charge in [0.05, 0.1) is 0 Å². The summed E-state index contributed by atoms with van der Waals surface area (Å²) in [5.74, 6) is -2.16. The van der Waals surface area contributed by atoms with Gasteiger partial charge in [0.2, 0.25) is 0 Å². The van der Waals surface area contributed by atoms with Crippen LogP contribution in [0.3, 0.4) is 0 Å². The monoisotopic (exact) mass is 624 g/mol. The van der Waals surface area contributed by atoms with E-state index in [1.165, 1.54) is 0 Å². The molecule has 43 heavy (non-hydrogen) atoms. The number of carbonyl (C=O) groups excluding carboxylic acids is 3. The summed E-state index contributed by atoms with van der Waals surface area (Å²) in [6.07, 6.45) is 0. The summed E-state index contributed by atoms with van der Waals surface area (Å²) in [5.41, 5.74) is 4.02. The van der Waals surface area contributed by atoms with Crippen molar-refractivity contribution >= 4 is 67.5 Å². The van der Waals surface area contributed by atoms with Crippen molar-refractivity contribution in [1.82, 2.24) is 0 Å². The summed E-state index contributed by atoms with van der Waals surface area (Å²) in [6.45, 7) is 5.91. The predicted octanol–water partition coefficient (Wildman–Crippen LogP) is 7.93. The van der Waals surface area contributed by atoms with Gasteiger partial charge in [-0.1, -0.05) is 0 Å². The summed E-state index contributed by atoms with van der Waals surface area (Å²) in [4.78, 5) is 40.6. The molecule has 0 atom stereocenters. The van der Waals surface area contributed by atoms with Crippen LogP contribution < -0.4 is 0 Å². The second-order valence-electron chi connectivity index (χ2n) is 10.6. The van der Waals surface area contributed by atoms with Crippen LogP contribution >= 0.6 is 0 Å². The molecule has 0 aliphatic carbocycles. The zero-order valence-corrected chi connectivity index (χ0v) is 26.3. The SMILES string of the molecule is Cc1ccc2c(C(=O)[O][Ga]([O]C(=O)c3cccc4cc(C)ccc34)[O]C(=O)c3cccc4cc(C)ccc34)cccc2c1. The number of rotatable bonds is 6. The van der Waals surface area contributed by atoms with E-state index in [0.29, 0.717) is 32.8 Å². The van der Waals surface area contributed by atoms with Gasteiger partial charge in [0.1, 0.15) is 0 Å². The van der Waals surface area contributed by atoms with Gasteiger partial charge < -0.3 is 0 Å². The van der Waals surface area contributed by atoms with Gasteiger partial charge in [-0.25, -0.2) is 0 Å². The van der Waals surface area contributed by atoms with Crippen molar-refractivity contribution in [2.45, 2.75) is 20.8 Å². The van der Waals surface area contributed by atoms with E-state index in [4.69, 9.17) is 10.6 Å². The average Bonchev–Trinajstić information content (AvgIpc) is 2.99.